The van der Waals surface area contributed by atoms with Crippen LogP contribution in [0.3, 0.4) is 0 Å². The van der Waals surface area contributed by atoms with Crippen LogP contribution in [0.1, 0.15) is 17.2 Å². The normalized spacial score (nSPS) is 14.7. The minimum Gasteiger partial charge on any atom is -0.479 e. The zero-order valence-electron chi connectivity index (χ0n) is 7.88. The Morgan fingerprint density at radius 1 is 1.53 bits per heavy atom. The van der Waals surface area contributed by atoms with Gasteiger partial charge >= 0.3 is 5.97 Å². The van der Waals surface area contributed by atoms with Crippen molar-refractivity contribution in [2.24, 2.45) is 0 Å². The first-order valence-electron chi connectivity index (χ1n) is 4.14. The third kappa shape index (κ3) is 2.65. The molecule has 0 aromatic carbocycles. The summed E-state index contributed by atoms with van der Waals surface area (Å²) < 4.78 is 0. The molecule has 5 nitrogen and oxygen atoms in total. The molecule has 1 aromatic rings. The van der Waals surface area contributed by atoms with Crippen LogP contribution in [0, 0.1) is 6.92 Å². The highest BCUT2D eigenvalue weighted by molar-refractivity contribution is 6.30. The molecule has 0 spiro atoms. The lowest BCUT2D eigenvalue weighted by atomic mass is 10.1. The van der Waals surface area contributed by atoms with Gasteiger partial charge < -0.3 is 15.3 Å². The van der Waals surface area contributed by atoms with E-state index >= 15 is 0 Å². The summed E-state index contributed by atoms with van der Waals surface area (Å²) >= 11 is 5.66. The minimum atomic E-state index is -1.87. The number of rotatable bonds is 3. The van der Waals surface area contributed by atoms with Gasteiger partial charge in [0.2, 0.25) is 0 Å². The molecule has 1 heterocycles. The summed E-state index contributed by atoms with van der Waals surface area (Å²) in [5.41, 5.74) is 0.817. The first-order valence-corrected chi connectivity index (χ1v) is 4.52. The van der Waals surface area contributed by atoms with E-state index < -0.39 is 18.2 Å². The predicted molar refractivity (Wildman–Crippen MR) is 52.6 cm³/mol. The van der Waals surface area contributed by atoms with Gasteiger partial charge in [0, 0.05) is 11.8 Å². The zero-order chi connectivity index (χ0) is 11.6. The van der Waals surface area contributed by atoms with E-state index in [1.54, 1.807) is 6.92 Å². The van der Waals surface area contributed by atoms with Crippen LogP contribution in [0.15, 0.2) is 12.3 Å². The molecule has 0 amide bonds. The van der Waals surface area contributed by atoms with E-state index in [0.717, 1.165) is 0 Å². The summed E-state index contributed by atoms with van der Waals surface area (Å²) in [4.78, 5) is 14.2. The Hall–Kier alpha value is -1.17. The van der Waals surface area contributed by atoms with Crippen LogP contribution in [-0.4, -0.2) is 32.4 Å². The molecule has 0 fully saturated rings. The van der Waals surface area contributed by atoms with Crippen molar-refractivity contribution in [3.63, 3.8) is 0 Å². The lowest BCUT2D eigenvalue weighted by Crippen LogP contribution is -2.27. The van der Waals surface area contributed by atoms with E-state index in [2.05, 4.69) is 4.98 Å². The fourth-order valence-electron chi connectivity index (χ4n) is 1.06. The van der Waals surface area contributed by atoms with Crippen molar-refractivity contribution in [3.8, 4) is 0 Å². The molecule has 82 valence electrons. The number of aliphatic carboxylic acids is 1. The van der Waals surface area contributed by atoms with Crippen LogP contribution in [0.5, 0.6) is 0 Å². The molecule has 3 N–H and O–H groups in total. The van der Waals surface area contributed by atoms with Crippen LogP contribution < -0.4 is 0 Å². The Morgan fingerprint density at radius 2 is 2.13 bits per heavy atom. The quantitative estimate of drug-likeness (QED) is 0.660. The molecule has 0 saturated carbocycles. The van der Waals surface area contributed by atoms with Gasteiger partial charge in [0.25, 0.3) is 0 Å². The average Bonchev–Trinajstić information content (AvgIpc) is 2.19. The van der Waals surface area contributed by atoms with Crippen molar-refractivity contribution in [3.05, 3.63) is 28.5 Å². The SMILES string of the molecule is Cc1cc(C(O)C(O)C(=O)O)cnc1Cl. The first-order chi connectivity index (χ1) is 6.93. The number of aliphatic hydroxyl groups is 2. The number of carboxylic acid groups (broad SMARTS) is 1. The number of hydrogen-bond donors (Lipinski definition) is 3. The molecule has 15 heavy (non-hydrogen) atoms. The van der Waals surface area contributed by atoms with E-state index in [1.165, 1.54) is 12.3 Å². The smallest absolute Gasteiger partial charge is 0.335 e. The molecule has 2 atom stereocenters. The Kier molecular flexibility index (Phi) is 3.62. The minimum absolute atomic E-state index is 0.215. The lowest BCUT2D eigenvalue weighted by molar-refractivity contribution is -0.153. The molecule has 0 radical (unpaired) electrons. The third-order valence-corrected chi connectivity index (χ3v) is 2.32. The van der Waals surface area contributed by atoms with Crippen molar-refractivity contribution in [1.29, 1.82) is 0 Å². The van der Waals surface area contributed by atoms with Crippen LogP contribution >= 0.6 is 11.6 Å². The Morgan fingerprint density at radius 3 is 2.60 bits per heavy atom. The van der Waals surface area contributed by atoms with E-state index in [1.807, 2.05) is 0 Å². The van der Waals surface area contributed by atoms with Crippen molar-refractivity contribution >= 4 is 17.6 Å². The number of nitrogens with zero attached hydrogens (tertiary/aromatic N) is 1. The number of aromatic nitrogens is 1. The molecule has 0 aliphatic heterocycles. The highest BCUT2D eigenvalue weighted by Crippen LogP contribution is 2.20. The van der Waals surface area contributed by atoms with Crippen molar-refractivity contribution < 1.29 is 20.1 Å². The monoisotopic (exact) mass is 231 g/mol. The molecule has 0 aliphatic carbocycles. The van der Waals surface area contributed by atoms with Crippen molar-refractivity contribution in [1.82, 2.24) is 4.98 Å². The Labute approximate surface area is 91.0 Å². The number of aryl methyl sites for hydroxylation is 1. The summed E-state index contributed by atoms with van der Waals surface area (Å²) in [6.45, 7) is 1.67. The van der Waals surface area contributed by atoms with Gasteiger partial charge in [0.05, 0.1) is 0 Å². The third-order valence-electron chi connectivity index (χ3n) is 1.93. The molecule has 1 rings (SSSR count). The molecular weight excluding hydrogens is 222 g/mol. The second-order valence-corrected chi connectivity index (χ2v) is 3.46. The van der Waals surface area contributed by atoms with E-state index in [9.17, 15) is 9.90 Å². The van der Waals surface area contributed by atoms with Crippen LogP contribution in [0.2, 0.25) is 5.15 Å². The number of carbonyl (C=O) groups is 1. The number of pyridine rings is 1. The topological polar surface area (TPSA) is 90.7 Å². The van der Waals surface area contributed by atoms with Crippen LogP contribution in [-0.2, 0) is 4.79 Å². The Bertz CT molecular complexity index is 382. The molecular formula is C9H10ClNO4. The summed E-state index contributed by atoms with van der Waals surface area (Å²) in [7, 11) is 0. The maximum Gasteiger partial charge on any atom is 0.335 e. The molecule has 0 bridgehead atoms. The van der Waals surface area contributed by atoms with Crippen molar-refractivity contribution in [2.75, 3.05) is 0 Å². The predicted octanol–water partition coefficient (Wildman–Crippen LogP) is 0.522. The standard InChI is InChI=1S/C9H10ClNO4/c1-4-2-5(3-11-8(4)10)6(12)7(13)9(14)15/h2-3,6-7,12-13H,1H3,(H,14,15). The second kappa shape index (κ2) is 4.57. The van der Waals surface area contributed by atoms with E-state index in [4.69, 9.17) is 21.8 Å². The van der Waals surface area contributed by atoms with Gasteiger partial charge in [-0.05, 0) is 18.6 Å². The summed E-state index contributed by atoms with van der Waals surface area (Å²) in [6, 6.07) is 1.48. The maximum atomic E-state index is 10.4. The summed E-state index contributed by atoms with van der Waals surface area (Å²) in [5.74, 6) is -1.49. The van der Waals surface area contributed by atoms with E-state index in [-0.39, 0.29) is 10.7 Å². The average molecular weight is 232 g/mol. The van der Waals surface area contributed by atoms with Gasteiger partial charge in [-0.1, -0.05) is 11.6 Å². The van der Waals surface area contributed by atoms with Crippen LogP contribution in [0.25, 0.3) is 0 Å². The molecule has 0 saturated heterocycles. The largest absolute Gasteiger partial charge is 0.479 e. The fourth-order valence-corrected chi connectivity index (χ4v) is 1.16. The van der Waals surface area contributed by atoms with Crippen LogP contribution in [0.4, 0.5) is 0 Å². The summed E-state index contributed by atoms with van der Waals surface area (Å²) in [6.07, 6.45) is -2.15. The van der Waals surface area contributed by atoms with Gasteiger partial charge in [-0.25, -0.2) is 9.78 Å². The van der Waals surface area contributed by atoms with Crippen molar-refractivity contribution in [2.45, 2.75) is 19.1 Å². The number of carboxylic acids is 1. The van der Waals surface area contributed by atoms with Gasteiger partial charge in [-0.2, -0.15) is 0 Å². The highest BCUT2D eigenvalue weighted by atomic mass is 35.5. The van der Waals surface area contributed by atoms with Gasteiger partial charge in [-0.15, -0.1) is 0 Å². The van der Waals surface area contributed by atoms with Gasteiger partial charge in [0.1, 0.15) is 11.3 Å². The second-order valence-electron chi connectivity index (χ2n) is 3.10. The molecule has 2 unspecified atom stereocenters. The molecule has 0 aliphatic rings. The first kappa shape index (κ1) is 11.9. The highest BCUT2D eigenvalue weighted by Gasteiger charge is 2.25. The van der Waals surface area contributed by atoms with Gasteiger partial charge in [0.15, 0.2) is 6.10 Å². The number of halogens is 1. The summed E-state index contributed by atoms with van der Waals surface area (Å²) in [5, 5.41) is 27.3. The number of aliphatic hydroxyl groups excluding tert-OH is 2. The van der Waals surface area contributed by atoms with Gasteiger partial charge in [-0.3, -0.25) is 0 Å². The Balaban J connectivity index is 2.96. The molecule has 1 aromatic heterocycles. The zero-order valence-corrected chi connectivity index (χ0v) is 8.64. The van der Waals surface area contributed by atoms with E-state index in [0.29, 0.717) is 5.56 Å². The number of hydrogen-bond acceptors (Lipinski definition) is 4. The fraction of sp³-hybridized carbons (Fsp3) is 0.333. The molecule has 6 heteroatoms. The maximum absolute atomic E-state index is 10.4. The lowest BCUT2D eigenvalue weighted by Gasteiger charge is -2.14.